The smallest absolute Gasteiger partial charge is 0.411 e. The highest BCUT2D eigenvalue weighted by Gasteiger charge is 2.31. The molecule has 34 heavy (non-hydrogen) atoms. The number of piperazine rings is 1. The van der Waals surface area contributed by atoms with Gasteiger partial charge in [0.15, 0.2) is 6.23 Å². The Hall–Kier alpha value is -3.58. The van der Waals surface area contributed by atoms with E-state index in [2.05, 4.69) is 33.0 Å². The van der Waals surface area contributed by atoms with Crippen LogP contribution in [-0.2, 0) is 17.7 Å². The fraction of sp³-hybridized carbons (Fsp3) is 0.333. The van der Waals surface area contributed by atoms with Crippen LogP contribution in [0.5, 0.6) is 5.75 Å². The van der Waals surface area contributed by atoms with Crippen LogP contribution in [0.25, 0.3) is 0 Å². The number of aromatic nitrogens is 1. The first-order valence-corrected chi connectivity index (χ1v) is 11.8. The van der Waals surface area contributed by atoms with Gasteiger partial charge in [0, 0.05) is 51.0 Å². The molecule has 0 saturated carbocycles. The van der Waals surface area contributed by atoms with Crippen molar-refractivity contribution in [1.29, 1.82) is 0 Å². The summed E-state index contributed by atoms with van der Waals surface area (Å²) in [6.45, 7) is 4.38. The molecule has 1 fully saturated rings. The van der Waals surface area contributed by atoms with Crippen LogP contribution in [0.2, 0.25) is 0 Å². The maximum Gasteiger partial charge on any atom is 0.411 e. The summed E-state index contributed by atoms with van der Waals surface area (Å²) in [5, 5.41) is 0. The second-order valence-electron chi connectivity index (χ2n) is 8.66. The zero-order valence-electron chi connectivity index (χ0n) is 19.5. The van der Waals surface area contributed by atoms with Gasteiger partial charge in [-0.25, -0.2) is 9.78 Å². The third kappa shape index (κ3) is 4.84. The van der Waals surface area contributed by atoms with Crippen LogP contribution in [0, 0.1) is 0 Å². The van der Waals surface area contributed by atoms with E-state index < -0.39 is 6.23 Å². The van der Waals surface area contributed by atoms with Crippen molar-refractivity contribution >= 4 is 11.9 Å². The summed E-state index contributed by atoms with van der Waals surface area (Å²) in [5.41, 5.74) is 3.41. The van der Waals surface area contributed by atoms with E-state index in [9.17, 15) is 4.79 Å². The van der Waals surface area contributed by atoms with Gasteiger partial charge < -0.3 is 19.3 Å². The molecule has 1 aromatic heterocycles. The number of hydrogen-bond acceptors (Lipinski definition) is 6. The molecule has 0 spiro atoms. The molecule has 2 aliphatic heterocycles. The quantitative estimate of drug-likeness (QED) is 0.574. The van der Waals surface area contributed by atoms with Crippen molar-refractivity contribution < 1.29 is 14.3 Å². The number of amides is 1. The number of pyridine rings is 1. The monoisotopic (exact) mass is 458 g/mol. The second kappa shape index (κ2) is 10.1. The molecule has 1 saturated heterocycles. The van der Waals surface area contributed by atoms with Crippen LogP contribution in [-0.4, -0.2) is 60.7 Å². The van der Waals surface area contributed by atoms with E-state index in [0.717, 1.165) is 49.7 Å². The van der Waals surface area contributed by atoms with Gasteiger partial charge in [-0.1, -0.05) is 42.5 Å². The van der Waals surface area contributed by atoms with E-state index in [0.29, 0.717) is 13.1 Å². The van der Waals surface area contributed by atoms with Crippen molar-refractivity contribution in [3.05, 3.63) is 89.6 Å². The number of nitrogens with zero attached hydrogens (tertiary/aromatic N) is 4. The standard InChI is InChI=1S/C27H30N4O3/c1-33-24-10-6-9-22(19-24)26(30-17-15-29(16-18-30)25-11-4-5-13-28-25)34-27(32)31-14-12-21-7-2-3-8-23(21)20-31/h2-11,13,19,26H,12,14-18,20H2,1H3. The van der Waals surface area contributed by atoms with E-state index in [1.54, 1.807) is 12.0 Å². The molecule has 3 aromatic rings. The molecule has 7 nitrogen and oxygen atoms in total. The van der Waals surface area contributed by atoms with Crippen LogP contribution in [0.15, 0.2) is 72.9 Å². The zero-order valence-corrected chi connectivity index (χ0v) is 19.5. The Bertz CT molecular complexity index is 1120. The molecule has 0 aliphatic carbocycles. The number of methoxy groups -OCH3 is 1. The maximum absolute atomic E-state index is 13.3. The van der Waals surface area contributed by atoms with Crippen molar-refractivity contribution in [2.24, 2.45) is 0 Å². The van der Waals surface area contributed by atoms with Crippen molar-refractivity contribution in [3.63, 3.8) is 0 Å². The summed E-state index contributed by atoms with van der Waals surface area (Å²) in [6, 6.07) is 22.1. The van der Waals surface area contributed by atoms with Crippen molar-refractivity contribution in [1.82, 2.24) is 14.8 Å². The molecule has 0 N–H and O–H groups in total. The number of ether oxygens (including phenoxy) is 2. The summed E-state index contributed by atoms with van der Waals surface area (Å²) in [4.78, 5) is 24.1. The number of benzene rings is 2. The summed E-state index contributed by atoms with van der Waals surface area (Å²) in [6.07, 6.45) is 1.90. The Morgan fingerprint density at radius 2 is 1.71 bits per heavy atom. The normalized spacial score (nSPS) is 17.1. The summed E-state index contributed by atoms with van der Waals surface area (Å²) in [7, 11) is 1.65. The minimum absolute atomic E-state index is 0.283. The maximum atomic E-state index is 13.3. The lowest BCUT2D eigenvalue weighted by Crippen LogP contribution is -2.49. The number of fused-ring (bicyclic) bond motifs is 1. The molecule has 2 aromatic carbocycles. The lowest BCUT2D eigenvalue weighted by Gasteiger charge is -2.40. The topological polar surface area (TPSA) is 58.1 Å². The van der Waals surface area contributed by atoms with Gasteiger partial charge >= 0.3 is 6.09 Å². The minimum atomic E-state index is -0.481. The van der Waals surface area contributed by atoms with E-state index in [1.807, 2.05) is 54.7 Å². The predicted octanol–water partition coefficient (Wildman–Crippen LogP) is 4.11. The largest absolute Gasteiger partial charge is 0.497 e. The van der Waals surface area contributed by atoms with Crippen molar-refractivity contribution in [2.45, 2.75) is 19.2 Å². The molecule has 0 radical (unpaired) electrons. The van der Waals surface area contributed by atoms with Gasteiger partial charge in [-0.3, -0.25) is 4.90 Å². The first kappa shape index (κ1) is 22.2. The number of anilines is 1. The molecule has 1 atom stereocenters. The van der Waals surface area contributed by atoms with Gasteiger partial charge in [0.1, 0.15) is 11.6 Å². The number of hydrogen-bond donors (Lipinski definition) is 0. The lowest BCUT2D eigenvalue weighted by atomic mass is 10.0. The Labute approximate surface area is 200 Å². The average molecular weight is 459 g/mol. The van der Waals surface area contributed by atoms with Crippen LogP contribution >= 0.6 is 0 Å². The van der Waals surface area contributed by atoms with E-state index >= 15 is 0 Å². The van der Waals surface area contributed by atoms with Gasteiger partial charge in [0.2, 0.25) is 0 Å². The first-order chi connectivity index (χ1) is 16.7. The van der Waals surface area contributed by atoms with Crippen LogP contribution in [0.1, 0.15) is 22.9 Å². The molecule has 5 rings (SSSR count). The number of rotatable bonds is 5. The highest BCUT2D eigenvalue weighted by atomic mass is 16.6. The Morgan fingerprint density at radius 3 is 2.47 bits per heavy atom. The Balaban J connectivity index is 1.32. The molecular weight excluding hydrogens is 428 g/mol. The van der Waals surface area contributed by atoms with Crippen LogP contribution in [0.3, 0.4) is 0 Å². The van der Waals surface area contributed by atoms with E-state index in [1.165, 1.54) is 11.1 Å². The lowest BCUT2D eigenvalue weighted by molar-refractivity contribution is -0.0347. The average Bonchev–Trinajstić information content (AvgIpc) is 2.92. The summed E-state index contributed by atoms with van der Waals surface area (Å²) in [5.74, 6) is 1.72. The van der Waals surface area contributed by atoms with Crippen LogP contribution < -0.4 is 9.64 Å². The van der Waals surface area contributed by atoms with Gasteiger partial charge in [-0.2, -0.15) is 0 Å². The molecule has 7 heteroatoms. The van der Waals surface area contributed by atoms with Gasteiger partial charge in [0.25, 0.3) is 0 Å². The van der Waals surface area contributed by atoms with Gasteiger partial charge in [-0.15, -0.1) is 0 Å². The van der Waals surface area contributed by atoms with Gasteiger partial charge in [0.05, 0.1) is 7.11 Å². The number of carbonyl (C=O) groups excluding carboxylic acids is 1. The molecule has 2 aliphatic rings. The molecule has 0 bridgehead atoms. The second-order valence-corrected chi connectivity index (χ2v) is 8.66. The third-order valence-corrected chi connectivity index (χ3v) is 6.60. The van der Waals surface area contributed by atoms with Crippen molar-refractivity contribution in [2.75, 3.05) is 44.7 Å². The fourth-order valence-electron chi connectivity index (χ4n) is 4.70. The van der Waals surface area contributed by atoms with Gasteiger partial charge in [-0.05, 0) is 41.8 Å². The SMILES string of the molecule is COc1cccc(C(OC(=O)N2CCc3ccccc3C2)N2CCN(c3ccccn3)CC2)c1. The van der Waals surface area contributed by atoms with Crippen molar-refractivity contribution in [3.8, 4) is 5.75 Å². The minimum Gasteiger partial charge on any atom is -0.497 e. The predicted molar refractivity (Wildman–Crippen MR) is 131 cm³/mol. The highest BCUT2D eigenvalue weighted by Crippen LogP contribution is 2.29. The third-order valence-electron chi connectivity index (χ3n) is 6.60. The molecule has 176 valence electrons. The Morgan fingerprint density at radius 1 is 0.912 bits per heavy atom. The number of carbonyl (C=O) groups is 1. The van der Waals surface area contributed by atoms with E-state index in [-0.39, 0.29) is 6.09 Å². The summed E-state index contributed by atoms with van der Waals surface area (Å²) < 4.78 is 11.6. The van der Waals surface area contributed by atoms with Crippen LogP contribution in [0.4, 0.5) is 10.6 Å². The zero-order chi connectivity index (χ0) is 23.3. The summed E-state index contributed by atoms with van der Waals surface area (Å²) >= 11 is 0. The molecule has 1 amide bonds. The fourth-order valence-corrected chi connectivity index (χ4v) is 4.70. The molecule has 3 heterocycles. The first-order valence-electron chi connectivity index (χ1n) is 11.8. The van der Waals surface area contributed by atoms with E-state index in [4.69, 9.17) is 9.47 Å². The Kier molecular flexibility index (Phi) is 6.62. The molecule has 1 unspecified atom stereocenters. The molecular formula is C27H30N4O3. The highest BCUT2D eigenvalue weighted by molar-refractivity contribution is 5.68.